The van der Waals surface area contributed by atoms with Crippen LogP contribution in [0.3, 0.4) is 0 Å². The summed E-state index contributed by atoms with van der Waals surface area (Å²) in [5, 5.41) is 0. The van der Waals surface area contributed by atoms with E-state index in [4.69, 9.17) is 0 Å². The zero-order chi connectivity index (χ0) is 15.4. The number of ether oxygens (including phenoxy) is 2. The molecule has 2 rings (SSSR count). The fraction of sp³-hybridized carbons (Fsp3) is 1.00. The minimum absolute atomic E-state index is 0.288. The molecule has 0 aromatic carbocycles. The Morgan fingerprint density at radius 2 is 0.900 bits per heavy atom. The van der Waals surface area contributed by atoms with Crippen molar-refractivity contribution < 1.29 is 44.6 Å². The minimum atomic E-state index is -6.19. The molecule has 0 saturated carbocycles. The molecule has 2 atom stereocenters. The number of hydrogen-bond acceptors (Lipinski definition) is 2. The molecule has 0 aliphatic carbocycles. The van der Waals surface area contributed by atoms with Gasteiger partial charge in [0, 0.05) is 12.8 Å². The molecule has 0 aromatic heterocycles. The van der Waals surface area contributed by atoms with Crippen molar-refractivity contribution in [2.24, 2.45) is 0 Å². The zero-order valence-corrected chi connectivity index (χ0v) is 9.82. The van der Waals surface area contributed by atoms with Crippen molar-refractivity contribution in [3.8, 4) is 0 Å². The lowest BCUT2D eigenvalue weighted by Crippen LogP contribution is -2.62. The molecule has 2 nitrogen and oxygen atoms in total. The van der Waals surface area contributed by atoms with Crippen LogP contribution in [0.5, 0.6) is 0 Å². The van der Waals surface area contributed by atoms with Crippen molar-refractivity contribution in [2.45, 2.75) is 48.7 Å². The standard InChI is InChI=1S/C10H10F8O2/c11-7(12,1-5-3-19-5)9(15,16)10(17,18)8(13,14)2-6-4-20-6/h5-6H,1-4H2/t5-,6+. The van der Waals surface area contributed by atoms with Gasteiger partial charge in [0.2, 0.25) is 0 Å². The van der Waals surface area contributed by atoms with E-state index in [9.17, 15) is 35.1 Å². The van der Waals surface area contributed by atoms with Crippen molar-refractivity contribution >= 4 is 0 Å². The predicted octanol–water partition coefficient (Wildman–Crippen LogP) is 3.11. The van der Waals surface area contributed by atoms with Gasteiger partial charge in [0.15, 0.2) is 0 Å². The highest BCUT2D eigenvalue weighted by atomic mass is 19.4. The van der Waals surface area contributed by atoms with E-state index in [1.54, 1.807) is 0 Å². The van der Waals surface area contributed by atoms with Gasteiger partial charge in [-0.25, -0.2) is 0 Å². The summed E-state index contributed by atoms with van der Waals surface area (Å²) in [6.45, 7) is -0.576. The van der Waals surface area contributed by atoms with Crippen molar-refractivity contribution in [2.75, 3.05) is 13.2 Å². The van der Waals surface area contributed by atoms with Crippen LogP contribution in [0.15, 0.2) is 0 Å². The van der Waals surface area contributed by atoms with Gasteiger partial charge in [-0.3, -0.25) is 0 Å². The molecule has 20 heavy (non-hydrogen) atoms. The van der Waals surface area contributed by atoms with Gasteiger partial charge in [-0.1, -0.05) is 0 Å². The quantitative estimate of drug-likeness (QED) is 0.533. The molecule has 2 saturated heterocycles. The molecule has 0 N–H and O–H groups in total. The van der Waals surface area contributed by atoms with Crippen LogP contribution in [-0.2, 0) is 9.47 Å². The number of epoxide rings is 2. The van der Waals surface area contributed by atoms with Gasteiger partial charge in [-0.2, -0.15) is 35.1 Å². The molecule has 0 aromatic rings. The molecule has 0 unspecified atom stereocenters. The lowest BCUT2D eigenvalue weighted by atomic mass is 9.93. The van der Waals surface area contributed by atoms with Gasteiger partial charge in [-0.15, -0.1) is 0 Å². The van der Waals surface area contributed by atoms with Crippen LogP contribution >= 0.6 is 0 Å². The van der Waals surface area contributed by atoms with E-state index >= 15 is 0 Å². The van der Waals surface area contributed by atoms with Crippen LogP contribution in [0.4, 0.5) is 35.1 Å². The summed E-state index contributed by atoms with van der Waals surface area (Å²) in [5.41, 5.74) is 0. The molecule has 10 heteroatoms. The Kier molecular flexibility index (Phi) is 3.48. The maximum absolute atomic E-state index is 13.3. The molecular formula is C10H10F8O2. The molecule has 0 amide bonds. The van der Waals surface area contributed by atoms with Crippen LogP contribution in [0.2, 0.25) is 0 Å². The number of hydrogen-bond donors (Lipinski definition) is 0. The summed E-state index contributed by atoms with van der Waals surface area (Å²) in [4.78, 5) is 0. The minimum Gasteiger partial charge on any atom is -0.373 e. The van der Waals surface area contributed by atoms with E-state index in [2.05, 4.69) is 9.47 Å². The molecule has 2 aliphatic rings. The number of rotatable bonds is 7. The van der Waals surface area contributed by atoms with E-state index in [-0.39, 0.29) is 13.2 Å². The Morgan fingerprint density at radius 3 is 1.10 bits per heavy atom. The Hall–Kier alpha value is -0.640. The monoisotopic (exact) mass is 314 g/mol. The SMILES string of the molecule is FC(F)(C[C@H]1CO1)C(F)(F)C(F)(F)C(F)(F)C[C@@H]1CO1. The van der Waals surface area contributed by atoms with E-state index in [1.165, 1.54) is 0 Å². The zero-order valence-electron chi connectivity index (χ0n) is 9.82. The third-order valence-electron chi connectivity index (χ3n) is 3.09. The Labute approximate surface area is 108 Å². The smallest absolute Gasteiger partial charge is 0.373 e. The van der Waals surface area contributed by atoms with Gasteiger partial charge >= 0.3 is 23.7 Å². The maximum atomic E-state index is 13.3. The topological polar surface area (TPSA) is 25.1 Å². The normalized spacial score (nSPS) is 27.6. The lowest BCUT2D eigenvalue weighted by Gasteiger charge is -2.36. The van der Waals surface area contributed by atoms with Crippen molar-refractivity contribution in [1.82, 2.24) is 0 Å². The predicted molar refractivity (Wildman–Crippen MR) is 48.5 cm³/mol. The first kappa shape index (κ1) is 15.7. The molecule has 2 heterocycles. The van der Waals surface area contributed by atoms with Crippen LogP contribution in [0, 0.1) is 0 Å². The molecular weight excluding hydrogens is 304 g/mol. The highest BCUT2D eigenvalue weighted by molar-refractivity contribution is 5.06. The van der Waals surface area contributed by atoms with Gasteiger partial charge in [0.1, 0.15) is 0 Å². The number of halogens is 8. The fourth-order valence-electron chi connectivity index (χ4n) is 1.66. The van der Waals surface area contributed by atoms with Gasteiger partial charge in [0.25, 0.3) is 0 Å². The summed E-state index contributed by atoms with van der Waals surface area (Å²) in [5.74, 6) is -23.0. The summed E-state index contributed by atoms with van der Waals surface area (Å²) < 4.78 is 114. The third-order valence-corrected chi connectivity index (χ3v) is 3.09. The van der Waals surface area contributed by atoms with Gasteiger partial charge in [-0.05, 0) is 0 Å². The fourth-order valence-corrected chi connectivity index (χ4v) is 1.66. The van der Waals surface area contributed by atoms with Gasteiger partial charge in [0.05, 0.1) is 25.4 Å². The lowest BCUT2D eigenvalue weighted by molar-refractivity contribution is -0.368. The van der Waals surface area contributed by atoms with Crippen molar-refractivity contribution in [3.63, 3.8) is 0 Å². The van der Waals surface area contributed by atoms with Crippen LogP contribution < -0.4 is 0 Å². The second-order valence-electron chi connectivity index (χ2n) is 4.88. The first-order valence-electron chi connectivity index (χ1n) is 5.65. The molecule has 2 aliphatic heterocycles. The number of alkyl halides is 8. The molecule has 118 valence electrons. The first-order valence-corrected chi connectivity index (χ1v) is 5.65. The van der Waals surface area contributed by atoms with Crippen molar-refractivity contribution in [1.29, 1.82) is 0 Å². The van der Waals surface area contributed by atoms with Crippen LogP contribution in [-0.4, -0.2) is 49.1 Å². The highest BCUT2D eigenvalue weighted by Crippen LogP contribution is 2.56. The molecule has 2 fully saturated rings. The molecule has 0 radical (unpaired) electrons. The van der Waals surface area contributed by atoms with Crippen LogP contribution in [0.25, 0.3) is 0 Å². The van der Waals surface area contributed by atoms with Gasteiger partial charge < -0.3 is 9.47 Å². The Morgan fingerprint density at radius 1 is 0.650 bits per heavy atom. The van der Waals surface area contributed by atoms with E-state index in [0.717, 1.165) is 0 Å². The molecule has 0 spiro atoms. The van der Waals surface area contributed by atoms with E-state index in [0.29, 0.717) is 0 Å². The Bertz CT molecular complexity index is 339. The maximum Gasteiger partial charge on any atom is 0.378 e. The van der Waals surface area contributed by atoms with E-state index < -0.39 is 48.7 Å². The van der Waals surface area contributed by atoms with Crippen LogP contribution in [0.1, 0.15) is 12.8 Å². The van der Waals surface area contributed by atoms with E-state index in [1.807, 2.05) is 0 Å². The second kappa shape index (κ2) is 4.43. The highest BCUT2D eigenvalue weighted by Gasteiger charge is 2.80. The largest absolute Gasteiger partial charge is 0.378 e. The summed E-state index contributed by atoms with van der Waals surface area (Å²) >= 11 is 0. The summed E-state index contributed by atoms with van der Waals surface area (Å²) in [6, 6.07) is 0. The Balaban J connectivity index is 2.19. The van der Waals surface area contributed by atoms with Crippen molar-refractivity contribution in [3.05, 3.63) is 0 Å². The summed E-state index contributed by atoms with van der Waals surface area (Å²) in [7, 11) is 0. The average Bonchev–Trinajstić information content (AvgIpc) is 3.13. The summed E-state index contributed by atoms with van der Waals surface area (Å²) in [6.07, 6.45) is -6.09. The molecule has 0 bridgehead atoms. The average molecular weight is 314 g/mol. The first-order chi connectivity index (χ1) is 8.91. The second-order valence-corrected chi connectivity index (χ2v) is 4.88. The third kappa shape index (κ3) is 2.59.